The second kappa shape index (κ2) is 10.8. The van der Waals surface area contributed by atoms with E-state index in [1.54, 1.807) is 0 Å². The summed E-state index contributed by atoms with van der Waals surface area (Å²) in [6, 6.07) is 18.5. The van der Waals surface area contributed by atoms with E-state index < -0.39 is 6.10 Å². The molecular formula is C28H39NO3. The highest BCUT2D eigenvalue weighted by atomic mass is 16.5. The molecule has 0 amide bonds. The van der Waals surface area contributed by atoms with E-state index in [2.05, 4.69) is 63.4 Å². The van der Waals surface area contributed by atoms with Gasteiger partial charge in [0.1, 0.15) is 0 Å². The van der Waals surface area contributed by atoms with Gasteiger partial charge >= 0.3 is 0 Å². The summed E-state index contributed by atoms with van der Waals surface area (Å²) >= 11 is 0. The number of ether oxygens (including phenoxy) is 2. The van der Waals surface area contributed by atoms with Gasteiger partial charge in [-0.1, -0.05) is 67.3 Å². The Hall–Kier alpha value is -1.98. The summed E-state index contributed by atoms with van der Waals surface area (Å²) in [6.45, 7) is 14.8. The van der Waals surface area contributed by atoms with Crippen molar-refractivity contribution in [1.82, 2.24) is 4.90 Å². The lowest BCUT2D eigenvalue weighted by atomic mass is 9.78. The monoisotopic (exact) mass is 437 g/mol. The summed E-state index contributed by atoms with van der Waals surface area (Å²) in [4.78, 5) is 2.43. The van der Waals surface area contributed by atoms with Crippen LogP contribution in [0.3, 0.4) is 0 Å². The second-order valence-corrected chi connectivity index (χ2v) is 10.2. The third-order valence-corrected chi connectivity index (χ3v) is 6.43. The molecule has 1 fully saturated rings. The number of aliphatic hydroxyl groups is 1. The lowest BCUT2D eigenvalue weighted by Gasteiger charge is -2.55. The van der Waals surface area contributed by atoms with Gasteiger partial charge in [0.05, 0.1) is 32.0 Å². The average molecular weight is 438 g/mol. The molecule has 0 saturated carbocycles. The van der Waals surface area contributed by atoms with Crippen molar-refractivity contribution in [3.63, 3.8) is 0 Å². The standard InChI is InChI=1S/C28H39NO3/c1-6-22-12-14-24(15-13-22)19-31-21-25(30)18-29-27(2,3)16-26(17-28(29,4)5)32-20-23-10-8-7-9-11-23/h6-15,25-26,30H,1,16-21H2,2-5H3. The predicted octanol–water partition coefficient (Wildman–Crippen LogP) is 5.45. The zero-order chi connectivity index (χ0) is 23.2. The van der Waals surface area contributed by atoms with E-state index in [1.165, 1.54) is 5.56 Å². The van der Waals surface area contributed by atoms with E-state index in [9.17, 15) is 5.11 Å². The summed E-state index contributed by atoms with van der Waals surface area (Å²) in [5.41, 5.74) is 3.24. The van der Waals surface area contributed by atoms with E-state index in [-0.39, 0.29) is 17.2 Å². The number of β-amino-alcohol motifs (C(OH)–C–C–N with tert-alkyl or cyclic N) is 1. The molecule has 0 aliphatic carbocycles. The quantitative estimate of drug-likeness (QED) is 0.537. The summed E-state index contributed by atoms with van der Waals surface area (Å²) < 4.78 is 12.1. The smallest absolute Gasteiger partial charge is 0.0900 e. The zero-order valence-corrected chi connectivity index (χ0v) is 20.1. The lowest BCUT2D eigenvalue weighted by Crippen LogP contribution is -2.63. The van der Waals surface area contributed by atoms with Crippen molar-refractivity contribution in [3.8, 4) is 0 Å². The highest BCUT2D eigenvalue weighted by molar-refractivity contribution is 5.47. The summed E-state index contributed by atoms with van der Waals surface area (Å²) in [5.74, 6) is 0. The zero-order valence-electron chi connectivity index (χ0n) is 20.1. The third-order valence-electron chi connectivity index (χ3n) is 6.43. The van der Waals surface area contributed by atoms with E-state index in [4.69, 9.17) is 9.47 Å². The van der Waals surface area contributed by atoms with Gasteiger partial charge in [-0.05, 0) is 57.2 Å². The number of benzene rings is 2. The molecule has 4 nitrogen and oxygen atoms in total. The normalized spacial score (nSPS) is 19.5. The minimum atomic E-state index is -0.539. The number of hydrogen-bond acceptors (Lipinski definition) is 4. The van der Waals surface area contributed by atoms with Crippen LogP contribution in [0.4, 0.5) is 0 Å². The van der Waals surface area contributed by atoms with Gasteiger partial charge in [-0.25, -0.2) is 0 Å². The van der Waals surface area contributed by atoms with Crippen molar-refractivity contribution in [1.29, 1.82) is 0 Å². The molecule has 174 valence electrons. The maximum Gasteiger partial charge on any atom is 0.0900 e. The van der Waals surface area contributed by atoms with Crippen molar-refractivity contribution >= 4 is 6.08 Å². The summed E-state index contributed by atoms with van der Waals surface area (Å²) in [7, 11) is 0. The van der Waals surface area contributed by atoms with E-state index >= 15 is 0 Å². The van der Waals surface area contributed by atoms with Crippen LogP contribution in [0.1, 0.15) is 57.2 Å². The van der Waals surface area contributed by atoms with Crippen LogP contribution in [-0.2, 0) is 22.7 Å². The van der Waals surface area contributed by atoms with Crippen molar-refractivity contribution < 1.29 is 14.6 Å². The first-order chi connectivity index (χ1) is 15.2. The van der Waals surface area contributed by atoms with E-state index in [1.807, 2.05) is 36.4 Å². The molecule has 1 saturated heterocycles. The van der Waals surface area contributed by atoms with Gasteiger partial charge in [0, 0.05) is 17.6 Å². The molecule has 1 aliphatic heterocycles. The first-order valence-corrected chi connectivity index (χ1v) is 11.6. The van der Waals surface area contributed by atoms with E-state index in [0.29, 0.717) is 26.4 Å². The van der Waals surface area contributed by atoms with Crippen LogP contribution in [0.5, 0.6) is 0 Å². The van der Waals surface area contributed by atoms with Gasteiger partial charge < -0.3 is 14.6 Å². The Morgan fingerprint density at radius 2 is 1.56 bits per heavy atom. The van der Waals surface area contributed by atoms with Crippen LogP contribution in [0.2, 0.25) is 0 Å². The van der Waals surface area contributed by atoms with Gasteiger partial charge in [0.25, 0.3) is 0 Å². The molecule has 1 atom stereocenters. The Kier molecular flexibility index (Phi) is 8.29. The van der Waals surface area contributed by atoms with Gasteiger partial charge in [0.2, 0.25) is 0 Å². The van der Waals surface area contributed by atoms with Crippen LogP contribution < -0.4 is 0 Å². The molecule has 0 spiro atoms. The van der Waals surface area contributed by atoms with Crippen molar-refractivity contribution in [2.75, 3.05) is 13.2 Å². The van der Waals surface area contributed by atoms with Gasteiger partial charge in [-0.15, -0.1) is 0 Å². The SMILES string of the molecule is C=Cc1ccc(COCC(O)CN2C(C)(C)CC(OCc3ccccc3)CC2(C)C)cc1. The van der Waals surface area contributed by atoms with E-state index in [0.717, 1.165) is 24.0 Å². The highest BCUT2D eigenvalue weighted by Gasteiger charge is 2.46. The van der Waals surface area contributed by atoms with Crippen molar-refractivity contribution in [3.05, 3.63) is 77.9 Å². The third kappa shape index (κ3) is 6.76. The number of likely N-dealkylation sites (tertiary alicyclic amines) is 1. The molecule has 1 unspecified atom stereocenters. The first-order valence-electron chi connectivity index (χ1n) is 11.6. The molecule has 0 bridgehead atoms. The van der Waals surface area contributed by atoms with Gasteiger partial charge in [0.15, 0.2) is 0 Å². The number of nitrogens with zero attached hydrogens (tertiary/aromatic N) is 1. The van der Waals surface area contributed by atoms with Crippen LogP contribution in [0, 0.1) is 0 Å². The summed E-state index contributed by atoms with van der Waals surface area (Å²) in [6.07, 6.45) is 3.36. The fourth-order valence-electron chi connectivity index (χ4n) is 4.95. The first kappa shape index (κ1) is 24.7. The van der Waals surface area contributed by atoms with Crippen molar-refractivity contribution in [2.24, 2.45) is 0 Å². The maximum atomic E-state index is 10.7. The molecule has 32 heavy (non-hydrogen) atoms. The minimum Gasteiger partial charge on any atom is -0.389 e. The average Bonchev–Trinajstić information content (AvgIpc) is 2.75. The Labute approximate surface area is 193 Å². The lowest BCUT2D eigenvalue weighted by molar-refractivity contribution is -0.125. The minimum absolute atomic E-state index is 0.0788. The Morgan fingerprint density at radius 3 is 2.16 bits per heavy atom. The second-order valence-electron chi connectivity index (χ2n) is 10.2. The number of hydrogen-bond donors (Lipinski definition) is 1. The Bertz CT molecular complexity index is 827. The van der Waals surface area contributed by atoms with Crippen LogP contribution >= 0.6 is 0 Å². The van der Waals surface area contributed by atoms with Gasteiger partial charge in [-0.3, -0.25) is 4.90 Å². The maximum absolute atomic E-state index is 10.7. The Morgan fingerprint density at radius 1 is 0.969 bits per heavy atom. The molecular weight excluding hydrogens is 398 g/mol. The molecule has 2 aromatic carbocycles. The number of rotatable bonds is 10. The molecule has 2 aromatic rings. The Balaban J connectivity index is 1.50. The molecule has 1 N–H and O–H groups in total. The molecule has 3 rings (SSSR count). The molecule has 4 heteroatoms. The molecule has 0 radical (unpaired) electrons. The van der Waals surface area contributed by atoms with Crippen LogP contribution in [0.15, 0.2) is 61.2 Å². The fraction of sp³-hybridized carbons (Fsp3) is 0.500. The van der Waals surface area contributed by atoms with Crippen molar-refractivity contribution in [2.45, 2.75) is 77.0 Å². The predicted molar refractivity (Wildman–Crippen MR) is 131 cm³/mol. The fourth-order valence-corrected chi connectivity index (χ4v) is 4.95. The van der Waals surface area contributed by atoms with Gasteiger partial charge in [-0.2, -0.15) is 0 Å². The number of aliphatic hydroxyl groups excluding tert-OH is 1. The largest absolute Gasteiger partial charge is 0.389 e. The van der Waals surface area contributed by atoms with Crippen LogP contribution in [-0.4, -0.2) is 46.4 Å². The molecule has 0 aromatic heterocycles. The number of piperidine rings is 1. The topological polar surface area (TPSA) is 41.9 Å². The van der Waals surface area contributed by atoms with Crippen LogP contribution in [0.25, 0.3) is 6.08 Å². The molecule has 1 aliphatic rings. The molecule has 1 heterocycles. The summed E-state index contributed by atoms with van der Waals surface area (Å²) in [5, 5.41) is 10.7. The highest BCUT2D eigenvalue weighted by Crippen LogP contribution is 2.39.